The Bertz CT molecular complexity index is 397. The summed E-state index contributed by atoms with van der Waals surface area (Å²) >= 11 is 1.55. The zero-order chi connectivity index (χ0) is 13.8. The topological polar surface area (TPSA) is 61.3 Å². The maximum Gasteiger partial charge on any atom is 0.191 e. The first-order valence-corrected chi connectivity index (χ1v) is 7.90. The van der Waals surface area contributed by atoms with Gasteiger partial charge in [0.05, 0.1) is 6.10 Å². The van der Waals surface area contributed by atoms with Crippen LogP contribution in [0.5, 0.6) is 0 Å². The smallest absolute Gasteiger partial charge is 0.191 e. The number of nitrogens with zero attached hydrogens (tertiary/aromatic N) is 3. The van der Waals surface area contributed by atoms with E-state index in [4.69, 9.17) is 0 Å². The van der Waals surface area contributed by atoms with E-state index in [0.29, 0.717) is 5.92 Å². The first-order valence-electron chi connectivity index (χ1n) is 6.68. The van der Waals surface area contributed by atoms with Crippen LogP contribution in [0, 0.1) is 5.92 Å². The minimum Gasteiger partial charge on any atom is -0.393 e. The van der Waals surface area contributed by atoms with Crippen molar-refractivity contribution in [3.05, 3.63) is 6.07 Å². The van der Waals surface area contributed by atoms with E-state index in [1.165, 1.54) is 0 Å². The summed E-state index contributed by atoms with van der Waals surface area (Å²) in [6.07, 6.45) is 3.82. The van der Waals surface area contributed by atoms with E-state index in [0.717, 1.165) is 42.7 Å². The van der Waals surface area contributed by atoms with Gasteiger partial charge in [-0.25, -0.2) is 9.97 Å². The zero-order valence-electron chi connectivity index (χ0n) is 11.8. The monoisotopic (exact) mass is 282 g/mol. The Kier molecular flexibility index (Phi) is 4.87. The summed E-state index contributed by atoms with van der Waals surface area (Å²) in [5.74, 6) is 2.25. The Morgan fingerprint density at radius 2 is 2.11 bits per heavy atom. The second-order valence-electron chi connectivity index (χ2n) is 4.91. The summed E-state index contributed by atoms with van der Waals surface area (Å²) in [6, 6.07) is 1.99. The molecule has 0 radical (unpaired) electrons. The number of aliphatic hydroxyl groups excluding tert-OH is 1. The van der Waals surface area contributed by atoms with E-state index in [2.05, 4.69) is 20.2 Å². The number of hydrogen-bond donors (Lipinski definition) is 2. The van der Waals surface area contributed by atoms with Crippen LogP contribution in [0.3, 0.4) is 0 Å². The highest BCUT2D eigenvalue weighted by molar-refractivity contribution is 7.98. The van der Waals surface area contributed by atoms with Crippen molar-refractivity contribution >= 4 is 23.4 Å². The second-order valence-corrected chi connectivity index (χ2v) is 5.69. The fourth-order valence-electron chi connectivity index (χ4n) is 2.41. The van der Waals surface area contributed by atoms with E-state index < -0.39 is 0 Å². The number of thioether (sulfide) groups is 1. The van der Waals surface area contributed by atoms with Crippen molar-refractivity contribution in [2.75, 3.05) is 36.6 Å². The molecule has 0 spiro atoms. The highest BCUT2D eigenvalue weighted by Gasteiger charge is 2.23. The standard InChI is InChI=1S/C13H22N4OS/c1-9(18)10-4-6-17(7-5-10)12-8-11(14-2)15-13(16-12)19-3/h8-10,18H,4-7H2,1-3H3,(H,14,15,16). The lowest BCUT2D eigenvalue weighted by atomic mass is 9.92. The van der Waals surface area contributed by atoms with E-state index in [9.17, 15) is 5.11 Å². The Hall–Kier alpha value is -1.01. The summed E-state index contributed by atoms with van der Waals surface area (Å²) in [7, 11) is 1.87. The summed E-state index contributed by atoms with van der Waals surface area (Å²) in [5, 5.41) is 13.5. The van der Waals surface area contributed by atoms with Crippen LogP contribution in [0.4, 0.5) is 11.6 Å². The Morgan fingerprint density at radius 3 is 2.63 bits per heavy atom. The molecule has 5 nitrogen and oxygen atoms in total. The molecule has 0 aliphatic carbocycles. The van der Waals surface area contributed by atoms with E-state index in [-0.39, 0.29) is 6.10 Å². The number of nitrogens with one attached hydrogen (secondary N) is 1. The molecule has 106 valence electrons. The van der Waals surface area contributed by atoms with Gasteiger partial charge in [-0.05, 0) is 31.9 Å². The number of aromatic nitrogens is 2. The molecular formula is C13H22N4OS. The van der Waals surface area contributed by atoms with E-state index in [1.807, 2.05) is 26.3 Å². The first-order chi connectivity index (χ1) is 9.13. The number of piperidine rings is 1. The quantitative estimate of drug-likeness (QED) is 0.649. The molecular weight excluding hydrogens is 260 g/mol. The Morgan fingerprint density at radius 1 is 1.42 bits per heavy atom. The lowest BCUT2D eigenvalue weighted by Gasteiger charge is -2.34. The van der Waals surface area contributed by atoms with Crippen molar-refractivity contribution < 1.29 is 5.11 Å². The summed E-state index contributed by atoms with van der Waals surface area (Å²) in [5.41, 5.74) is 0. The number of rotatable bonds is 4. The van der Waals surface area contributed by atoms with Crippen LogP contribution in [0.25, 0.3) is 0 Å². The summed E-state index contributed by atoms with van der Waals surface area (Å²) < 4.78 is 0. The van der Waals surface area contributed by atoms with Gasteiger partial charge in [-0.2, -0.15) is 0 Å². The molecule has 1 fully saturated rings. The molecule has 6 heteroatoms. The van der Waals surface area contributed by atoms with Crippen molar-refractivity contribution in [2.45, 2.75) is 31.0 Å². The van der Waals surface area contributed by atoms with Crippen LogP contribution in [-0.4, -0.2) is 47.6 Å². The maximum atomic E-state index is 9.64. The van der Waals surface area contributed by atoms with Gasteiger partial charge in [0.2, 0.25) is 0 Å². The van der Waals surface area contributed by atoms with Crippen molar-refractivity contribution in [1.29, 1.82) is 0 Å². The normalized spacial score (nSPS) is 18.4. The SMILES string of the molecule is CNc1cc(N2CCC(C(C)O)CC2)nc(SC)n1. The van der Waals surface area contributed by atoms with Gasteiger partial charge in [0.1, 0.15) is 11.6 Å². The number of aliphatic hydroxyl groups is 1. The predicted molar refractivity (Wildman–Crippen MR) is 80.0 cm³/mol. The Labute approximate surface area is 118 Å². The zero-order valence-corrected chi connectivity index (χ0v) is 12.6. The van der Waals surface area contributed by atoms with Gasteiger partial charge in [0.15, 0.2) is 5.16 Å². The molecule has 1 aromatic rings. The summed E-state index contributed by atoms with van der Waals surface area (Å²) in [4.78, 5) is 11.2. The molecule has 1 aliphatic heterocycles. The second kappa shape index (κ2) is 6.43. The largest absolute Gasteiger partial charge is 0.393 e. The molecule has 1 aliphatic rings. The van der Waals surface area contributed by atoms with Crippen LogP contribution < -0.4 is 10.2 Å². The van der Waals surface area contributed by atoms with Gasteiger partial charge >= 0.3 is 0 Å². The van der Waals surface area contributed by atoms with E-state index in [1.54, 1.807) is 11.8 Å². The number of hydrogen-bond acceptors (Lipinski definition) is 6. The molecule has 0 saturated carbocycles. The summed E-state index contributed by atoms with van der Waals surface area (Å²) in [6.45, 7) is 3.78. The molecule has 1 atom stereocenters. The van der Waals surface area contributed by atoms with E-state index >= 15 is 0 Å². The Balaban J connectivity index is 2.10. The van der Waals surface area contributed by atoms with Crippen molar-refractivity contribution in [2.24, 2.45) is 5.92 Å². The van der Waals surface area contributed by atoms with Crippen LogP contribution in [0.2, 0.25) is 0 Å². The molecule has 2 N–H and O–H groups in total. The molecule has 1 aromatic heterocycles. The van der Waals surface area contributed by atoms with Gasteiger partial charge in [0.25, 0.3) is 0 Å². The minimum absolute atomic E-state index is 0.206. The van der Waals surface area contributed by atoms with Gasteiger partial charge in [-0.1, -0.05) is 11.8 Å². The minimum atomic E-state index is -0.206. The van der Waals surface area contributed by atoms with Crippen molar-refractivity contribution in [3.8, 4) is 0 Å². The van der Waals surface area contributed by atoms with Crippen molar-refractivity contribution in [1.82, 2.24) is 9.97 Å². The third kappa shape index (κ3) is 3.51. The highest BCUT2D eigenvalue weighted by Crippen LogP contribution is 2.26. The fourth-order valence-corrected chi connectivity index (χ4v) is 2.78. The van der Waals surface area contributed by atoms with Gasteiger partial charge < -0.3 is 15.3 Å². The first kappa shape index (κ1) is 14.4. The average Bonchev–Trinajstić information content (AvgIpc) is 2.46. The van der Waals surface area contributed by atoms with Crippen molar-refractivity contribution in [3.63, 3.8) is 0 Å². The maximum absolute atomic E-state index is 9.64. The molecule has 1 saturated heterocycles. The predicted octanol–water partition coefficient (Wildman–Crippen LogP) is 1.84. The lowest BCUT2D eigenvalue weighted by Crippen LogP contribution is -2.37. The third-order valence-corrected chi connectivity index (χ3v) is 4.22. The molecule has 1 unspecified atom stereocenters. The molecule has 19 heavy (non-hydrogen) atoms. The average molecular weight is 282 g/mol. The van der Waals surface area contributed by atoms with Gasteiger partial charge in [0, 0.05) is 26.2 Å². The highest BCUT2D eigenvalue weighted by atomic mass is 32.2. The molecule has 2 rings (SSSR count). The fraction of sp³-hybridized carbons (Fsp3) is 0.692. The molecule has 0 aromatic carbocycles. The van der Waals surface area contributed by atoms with Gasteiger partial charge in [-0.15, -0.1) is 0 Å². The van der Waals surface area contributed by atoms with Crippen LogP contribution in [0.15, 0.2) is 11.2 Å². The molecule has 0 amide bonds. The van der Waals surface area contributed by atoms with Crippen LogP contribution in [-0.2, 0) is 0 Å². The lowest BCUT2D eigenvalue weighted by molar-refractivity contribution is 0.109. The molecule has 0 bridgehead atoms. The molecule has 2 heterocycles. The number of anilines is 2. The van der Waals surface area contributed by atoms with Gasteiger partial charge in [-0.3, -0.25) is 0 Å². The van der Waals surface area contributed by atoms with Crippen LogP contribution in [0.1, 0.15) is 19.8 Å². The third-order valence-electron chi connectivity index (χ3n) is 3.68. The van der Waals surface area contributed by atoms with Crippen LogP contribution >= 0.6 is 11.8 Å².